The van der Waals surface area contributed by atoms with E-state index < -0.39 is 0 Å². The van der Waals surface area contributed by atoms with Crippen LogP contribution in [-0.2, 0) is 25.7 Å². The summed E-state index contributed by atoms with van der Waals surface area (Å²) in [5.41, 5.74) is 6.04. The highest BCUT2D eigenvalue weighted by Gasteiger charge is 2.26. The second-order valence-electron chi connectivity index (χ2n) is 8.64. The Kier molecular flexibility index (Phi) is 6.98. The van der Waals surface area contributed by atoms with Crippen LogP contribution in [0.2, 0.25) is 0 Å². The summed E-state index contributed by atoms with van der Waals surface area (Å²) in [6, 6.07) is 31.0. The van der Waals surface area contributed by atoms with E-state index in [0.717, 1.165) is 32.1 Å². The maximum absolute atomic E-state index is 2.46. The van der Waals surface area contributed by atoms with Crippen molar-refractivity contribution in [1.29, 1.82) is 0 Å². The Morgan fingerprint density at radius 3 is 1.47 bits per heavy atom. The molecule has 1 aliphatic rings. The number of rotatable bonds is 9. The summed E-state index contributed by atoms with van der Waals surface area (Å²) in [6.07, 6.45) is 17.4. The largest absolute Gasteiger partial charge is 0.0837 e. The predicted octanol–water partition coefficient (Wildman–Crippen LogP) is 7.54. The molecule has 1 atom stereocenters. The van der Waals surface area contributed by atoms with Crippen molar-refractivity contribution >= 4 is 0 Å². The van der Waals surface area contributed by atoms with Gasteiger partial charge in [-0.3, -0.25) is 0 Å². The number of benzene rings is 3. The van der Waals surface area contributed by atoms with Gasteiger partial charge >= 0.3 is 0 Å². The van der Waals surface area contributed by atoms with Gasteiger partial charge in [0.25, 0.3) is 0 Å². The molecule has 3 aromatic carbocycles. The van der Waals surface area contributed by atoms with Crippen LogP contribution in [0.3, 0.4) is 0 Å². The van der Waals surface area contributed by atoms with Crippen molar-refractivity contribution < 1.29 is 0 Å². The molecule has 0 fully saturated rings. The van der Waals surface area contributed by atoms with Crippen molar-refractivity contribution in [2.45, 2.75) is 44.9 Å². The van der Waals surface area contributed by atoms with Gasteiger partial charge in [0, 0.05) is 0 Å². The lowest BCUT2D eigenvalue weighted by atomic mass is 9.73. The van der Waals surface area contributed by atoms with Crippen LogP contribution < -0.4 is 0 Å². The molecule has 0 bridgehead atoms. The molecule has 0 heteroatoms. The second-order valence-corrected chi connectivity index (χ2v) is 8.64. The Balaban J connectivity index is 1.33. The number of aryl methyl sites for hydroxylation is 4. The van der Waals surface area contributed by atoms with E-state index in [2.05, 4.69) is 109 Å². The molecule has 0 nitrogen and oxygen atoms in total. The zero-order chi connectivity index (χ0) is 20.5. The average molecular weight is 393 g/mol. The third-order valence-electron chi connectivity index (χ3n) is 6.46. The molecule has 0 spiro atoms. The molecule has 1 aliphatic carbocycles. The van der Waals surface area contributed by atoms with Crippen LogP contribution in [0.25, 0.3) is 0 Å². The lowest BCUT2D eigenvalue weighted by molar-refractivity contribution is 0.324. The van der Waals surface area contributed by atoms with Crippen molar-refractivity contribution in [3.63, 3.8) is 0 Å². The zero-order valence-electron chi connectivity index (χ0n) is 17.8. The van der Waals surface area contributed by atoms with Gasteiger partial charge in [-0.25, -0.2) is 0 Å². The Bertz CT molecular complexity index is 948. The minimum absolute atomic E-state index is 0.288. The van der Waals surface area contributed by atoms with Crippen LogP contribution >= 0.6 is 0 Å². The summed E-state index contributed by atoms with van der Waals surface area (Å²) in [5, 5.41) is 0. The molecule has 0 saturated carbocycles. The van der Waals surface area contributed by atoms with E-state index >= 15 is 0 Å². The van der Waals surface area contributed by atoms with Gasteiger partial charge in [0.05, 0.1) is 0 Å². The SMILES string of the molecule is C1=CCC(CCc2ccccc2)(CCc2ccc(CCc3ccccc3)cc2)C=C1. The van der Waals surface area contributed by atoms with Gasteiger partial charge < -0.3 is 0 Å². The van der Waals surface area contributed by atoms with Crippen LogP contribution in [0, 0.1) is 5.41 Å². The zero-order valence-corrected chi connectivity index (χ0v) is 17.8. The molecular formula is C30H32. The molecule has 0 aliphatic heterocycles. The monoisotopic (exact) mass is 392 g/mol. The number of allylic oxidation sites excluding steroid dienone is 4. The smallest absolute Gasteiger partial charge is 0.00742 e. The average Bonchev–Trinajstić information content (AvgIpc) is 2.83. The number of hydrogen-bond acceptors (Lipinski definition) is 0. The first kappa shape index (κ1) is 20.4. The van der Waals surface area contributed by atoms with Crippen molar-refractivity contribution in [2.75, 3.05) is 0 Å². The Labute approximate surface area is 182 Å². The molecule has 4 rings (SSSR count). The van der Waals surface area contributed by atoms with E-state index in [4.69, 9.17) is 0 Å². The normalized spacial score (nSPS) is 17.9. The van der Waals surface area contributed by atoms with Gasteiger partial charge in [-0.05, 0) is 72.6 Å². The second kappa shape index (κ2) is 10.3. The molecule has 0 radical (unpaired) electrons. The topological polar surface area (TPSA) is 0 Å². The Hall–Kier alpha value is -2.86. The molecular weight excluding hydrogens is 360 g/mol. The quantitative estimate of drug-likeness (QED) is 0.353. The van der Waals surface area contributed by atoms with Crippen LogP contribution in [0.5, 0.6) is 0 Å². The van der Waals surface area contributed by atoms with Gasteiger partial charge in [-0.2, -0.15) is 0 Å². The molecule has 0 saturated heterocycles. The van der Waals surface area contributed by atoms with E-state index in [9.17, 15) is 0 Å². The highest BCUT2D eigenvalue weighted by Crippen LogP contribution is 2.38. The maximum Gasteiger partial charge on any atom is -0.00742 e. The van der Waals surface area contributed by atoms with Gasteiger partial charge in [0.2, 0.25) is 0 Å². The maximum atomic E-state index is 2.46. The van der Waals surface area contributed by atoms with Crippen LogP contribution in [-0.4, -0.2) is 0 Å². The fourth-order valence-electron chi connectivity index (χ4n) is 4.44. The molecule has 152 valence electrons. The van der Waals surface area contributed by atoms with Crippen LogP contribution in [0.1, 0.15) is 41.5 Å². The first-order chi connectivity index (χ1) is 14.8. The summed E-state index contributed by atoms with van der Waals surface area (Å²) < 4.78 is 0. The van der Waals surface area contributed by atoms with E-state index in [1.54, 1.807) is 0 Å². The summed E-state index contributed by atoms with van der Waals surface area (Å²) in [5.74, 6) is 0. The lowest BCUT2D eigenvalue weighted by Gasteiger charge is -2.32. The van der Waals surface area contributed by atoms with Crippen molar-refractivity contribution in [2.24, 2.45) is 5.41 Å². The van der Waals surface area contributed by atoms with E-state index in [0.29, 0.717) is 0 Å². The van der Waals surface area contributed by atoms with Crippen LogP contribution in [0.4, 0.5) is 0 Å². The standard InChI is InChI=1S/C30H32/c1-4-10-26(11-5-1)14-15-28-16-18-29(19-17-28)21-25-30(22-8-3-9-23-30)24-20-27-12-6-2-7-13-27/h1-13,16-19,22H,14-15,20-21,23-25H2. The molecule has 30 heavy (non-hydrogen) atoms. The first-order valence-electron chi connectivity index (χ1n) is 11.3. The minimum Gasteiger partial charge on any atom is -0.0837 e. The Morgan fingerprint density at radius 2 is 0.967 bits per heavy atom. The summed E-state index contributed by atoms with van der Waals surface area (Å²) in [4.78, 5) is 0. The van der Waals surface area contributed by atoms with Crippen molar-refractivity contribution in [3.05, 3.63) is 131 Å². The third kappa shape index (κ3) is 5.83. The molecule has 0 N–H and O–H groups in total. The van der Waals surface area contributed by atoms with Crippen molar-refractivity contribution in [3.8, 4) is 0 Å². The third-order valence-corrected chi connectivity index (χ3v) is 6.46. The van der Waals surface area contributed by atoms with E-state index in [1.807, 2.05) is 0 Å². The highest BCUT2D eigenvalue weighted by molar-refractivity contribution is 5.26. The van der Waals surface area contributed by atoms with Gasteiger partial charge in [0.15, 0.2) is 0 Å². The van der Waals surface area contributed by atoms with E-state index in [-0.39, 0.29) is 5.41 Å². The molecule has 0 amide bonds. The van der Waals surface area contributed by atoms with Gasteiger partial charge in [-0.1, -0.05) is 109 Å². The molecule has 0 aromatic heterocycles. The predicted molar refractivity (Wildman–Crippen MR) is 129 cm³/mol. The fraction of sp³-hybridized carbons (Fsp3) is 0.267. The fourth-order valence-corrected chi connectivity index (χ4v) is 4.44. The van der Waals surface area contributed by atoms with Crippen LogP contribution in [0.15, 0.2) is 109 Å². The van der Waals surface area contributed by atoms with Crippen molar-refractivity contribution in [1.82, 2.24) is 0 Å². The molecule has 1 unspecified atom stereocenters. The minimum atomic E-state index is 0.288. The summed E-state index contributed by atoms with van der Waals surface area (Å²) >= 11 is 0. The lowest BCUT2D eigenvalue weighted by Crippen LogP contribution is -2.21. The van der Waals surface area contributed by atoms with Gasteiger partial charge in [0.1, 0.15) is 0 Å². The van der Waals surface area contributed by atoms with Gasteiger partial charge in [-0.15, -0.1) is 0 Å². The van der Waals surface area contributed by atoms with E-state index in [1.165, 1.54) is 35.1 Å². The first-order valence-corrected chi connectivity index (χ1v) is 11.3. The summed E-state index contributed by atoms with van der Waals surface area (Å²) in [6.45, 7) is 0. The molecule has 3 aromatic rings. The summed E-state index contributed by atoms with van der Waals surface area (Å²) in [7, 11) is 0. The highest BCUT2D eigenvalue weighted by atomic mass is 14.3. The number of hydrogen-bond donors (Lipinski definition) is 0. The Morgan fingerprint density at radius 1 is 0.500 bits per heavy atom. The molecule has 0 heterocycles.